The van der Waals surface area contributed by atoms with Crippen molar-refractivity contribution in [3.05, 3.63) is 0 Å². The van der Waals surface area contributed by atoms with Crippen LogP contribution >= 0.6 is 0 Å². The molecule has 15 heavy (non-hydrogen) atoms. The second-order valence-electron chi connectivity index (χ2n) is 3.08. The predicted octanol–water partition coefficient (Wildman–Crippen LogP) is -0.850. The highest BCUT2D eigenvalue weighted by Gasteiger charge is 2.38. The number of hydrogen-bond acceptors (Lipinski definition) is 5. The van der Waals surface area contributed by atoms with Crippen molar-refractivity contribution in [2.75, 3.05) is 14.2 Å². The first-order chi connectivity index (χ1) is 6.85. The van der Waals surface area contributed by atoms with Gasteiger partial charge in [0.1, 0.15) is 5.54 Å². The van der Waals surface area contributed by atoms with Gasteiger partial charge in [0, 0.05) is 0 Å². The zero-order chi connectivity index (χ0) is 12.1. The lowest BCUT2D eigenvalue weighted by Gasteiger charge is -2.25. The lowest BCUT2D eigenvalue weighted by Crippen LogP contribution is -2.54. The molecule has 0 saturated heterocycles. The van der Waals surface area contributed by atoms with Gasteiger partial charge in [0.25, 0.3) is 0 Å². The fraction of sp³-hybridized carbons (Fsp3) is 0.625. The lowest BCUT2D eigenvalue weighted by atomic mass is 9.98. The Hall–Kier alpha value is -1.79. The largest absolute Gasteiger partial charge is 0.467 e. The minimum absolute atomic E-state index is 0.366. The Morgan fingerprint density at radius 3 is 2.13 bits per heavy atom. The number of carbonyl (C=O) groups is 3. The van der Waals surface area contributed by atoms with Crippen LogP contribution in [0.5, 0.6) is 0 Å². The summed E-state index contributed by atoms with van der Waals surface area (Å²) >= 11 is 0. The highest BCUT2D eigenvalue weighted by Crippen LogP contribution is 2.11. The van der Waals surface area contributed by atoms with E-state index in [2.05, 4.69) is 14.8 Å². The zero-order valence-corrected chi connectivity index (χ0v) is 8.83. The third kappa shape index (κ3) is 3.84. The van der Waals surface area contributed by atoms with Crippen molar-refractivity contribution in [3.8, 4) is 0 Å². The fourth-order valence-corrected chi connectivity index (χ4v) is 1.02. The average Bonchev–Trinajstić information content (AvgIpc) is 2.14. The minimum Gasteiger partial charge on any atom is -0.467 e. The number of carbonyl (C=O) groups excluding carboxylic acids is 3. The predicted molar refractivity (Wildman–Crippen MR) is 49.8 cm³/mol. The van der Waals surface area contributed by atoms with E-state index in [1.54, 1.807) is 0 Å². The summed E-state index contributed by atoms with van der Waals surface area (Å²) < 4.78 is 8.76. The first-order valence-corrected chi connectivity index (χ1v) is 4.08. The summed E-state index contributed by atoms with van der Waals surface area (Å²) in [7, 11) is 2.28. The van der Waals surface area contributed by atoms with E-state index in [0.29, 0.717) is 0 Å². The van der Waals surface area contributed by atoms with Gasteiger partial charge in [-0.1, -0.05) is 0 Å². The van der Waals surface area contributed by atoms with Gasteiger partial charge in [-0.05, 0) is 6.92 Å². The maximum Gasteiger partial charge on any atom is 0.407 e. The molecule has 0 spiro atoms. The number of alkyl carbamates (subject to hydrolysis) is 1. The van der Waals surface area contributed by atoms with Crippen molar-refractivity contribution in [1.29, 1.82) is 0 Å². The summed E-state index contributed by atoms with van der Waals surface area (Å²) in [6.07, 6.45) is -1.21. The van der Waals surface area contributed by atoms with Gasteiger partial charge in [0.05, 0.1) is 20.6 Å². The number of rotatable bonds is 4. The first-order valence-electron chi connectivity index (χ1n) is 4.08. The molecule has 0 bridgehead atoms. The van der Waals surface area contributed by atoms with Crippen molar-refractivity contribution in [1.82, 2.24) is 5.32 Å². The topological polar surface area (TPSA) is 108 Å². The van der Waals surface area contributed by atoms with E-state index in [0.717, 1.165) is 14.2 Å². The summed E-state index contributed by atoms with van der Waals surface area (Å²) in [6, 6.07) is 0. The van der Waals surface area contributed by atoms with Gasteiger partial charge < -0.3 is 20.5 Å². The summed E-state index contributed by atoms with van der Waals surface area (Å²) in [4.78, 5) is 33.0. The highest BCUT2D eigenvalue weighted by molar-refractivity contribution is 5.90. The SMILES string of the molecule is COC(=O)N[C@@](C)(CC(N)=O)C(=O)OC. The molecule has 86 valence electrons. The van der Waals surface area contributed by atoms with E-state index >= 15 is 0 Å². The Bertz CT molecular complexity index is 278. The molecule has 1 atom stereocenters. The summed E-state index contributed by atoms with van der Waals surface area (Å²) in [5.74, 6) is -1.51. The molecular weight excluding hydrogens is 204 g/mol. The molecule has 0 aromatic heterocycles. The van der Waals surface area contributed by atoms with Crippen LogP contribution in [0.4, 0.5) is 4.79 Å². The normalized spacial score (nSPS) is 13.5. The molecule has 0 radical (unpaired) electrons. The Kier molecular flexibility index (Phi) is 4.56. The van der Waals surface area contributed by atoms with E-state index < -0.39 is 23.5 Å². The summed E-state index contributed by atoms with van der Waals surface area (Å²) in [5.41, 5.74) is 3.44. The molecule has 0 aromatic rings. The summed E-state index contributed by atoms with van der Waals surface area (Å²) in [5, 5.41) is 2.19. The van der Waals surface area contributed by atoms with Crippen LogP contribution in [0, 0.1) is 0 Å². The van der Waals surface area contributed by atoms with Gasteiger partial charge in [0.15, 0.2) is 0 Å². The minimum atomic E-state index is -1.51. The van der Waals surface area contributed by atoms with Gasteiger partial charge in [-0.2, -0.15) is 0 Å². The third-order valence-corrected chi connectivity index (χ3v) is 1.73. The molecular formula is C8H14N2O5. The number of primary amides is 1. The standard InChI is InChI=1S/C8H14N2O5/c1-8(4-5(9)11,6(12)14-2)10-7(13)15-3/h4H2,1-3H3,(H2,9,11)(H,10,13)/t8-/m0/s1. The van der Waals surface area contributed by atoms with Crippen LogP contribution in [0.25, 0.3) is 0 Å². The third-order valence-electron chi connectivity index (χ3n) is 1.73. The van der Waals surface area contributed by atoms with Crippen LogP contribution in [-0.4, -0.2) is 37.7 Å². The van der Waals surface area contributed by atoms with Crippen molar-refractivity contribution >= 4 is 18.0 Å². The van der Waals surface area contributed by atoms with Gasteiger partial charge in [-0.3, -0.25) is 4.79 Å². The molecule has 0 aliphatic rings. The smallest absolute Gasteiger partial charge is 0.407 e. The Labute approximate surface area is 86.9 Å². The van der Waals surface area contributed by atoms with Crippen molar-refractivity contribution in [2.24, 2.45) is 5.73 Å². The van der Waals surface area contributed by atoms with Crippen molar-refractivity contribution in [3.63, 3.8) is 0 Å². The van der Waals surface area contributed by atoms with E-state index in [4.69, 9.17) is 5.73 Å². The Balaban J connectivity index is 4.76. The molecule has 0 heterocycles. The first kappa shape index (κ1) is 13.2. The number of hydrogen-bond donors (Lipinski definition) is 2. The Morgan fingerprint density at radius 2 is 1.80 bits per heavy atom. The van der Waals surface area contributed by atoms with E-state index in [1.807, 2.05) is 0 Å². The maximum absolute atomic E-state index is 11.3. The van der Waals surface area contributed by atoms with Crippen LogP contribution in [0.1, 0.15) is 13.3 Å². The highest BCUT2D eigenvalue weighted by atomic mass is 16.5. The monoisotopic (exact) mass is 218 g/mol. The number of methoxy groups -OCH3 is 2. The van der Waals surface area contributed by atoms with Crippen LogP contribution in [0.3, 0.4) is 0 Å². The number of amides is 2. The van der Waals surface area contributed by atoms with Gasteiger partial charge in [0.2, 0.25) is 5.91 Å². The second-order valence-corrected chi connectivity index (χ2v) is 3.08. The van der Waals surface area contributed by atoms with Crippen LogP contribution < -0.4 is 11.1 Å². The molecule has 0 rings (SSSR count). The quantitative estimate of drug-likeness (QED) is 0.597. The molecule has 0 aromatic carbocycles. The molecule has 7 heteroatoms. The van der Waals surface area contributed by atoms with E-state index in [9.17, 15) is 14.4 Å². The van der Waals surface area contributed by atoms with Crippen LogP contribution in [0.2, 0.25) is 0 Å². The lowest BCUT2D eigenvalue weighted by molar-refractivity contribution is -0.149. The molecule has 0 aliphatic heterocycles. The Morgan fingerprint density at radius 1 is 1.27 bits per heavy atom. The van der Waals surface area contributed by atoms with E-state index in [-0.39, 0.29) is 6.42 Å². The zero-order valence-electron chi connectivity index (χ0n) is 8.83. The van der Waals surface area contributed by atoms with Crippen molar-refractivity contribution < 1.29 is 23.9 Å². The maximum atomic E-state index is 11.3. The average molecular weight is 218 g/mol. The molecule has 0 aliphatic carbocycles. The fourth-order valence-electron chi connectivity index (χ4n) is 1.02. The number of nitrogens with two attached hydrogens (primary N) is 1. The number of ether oxygens (including phenoxy) is 2. The van der Waals surface area contributed by atoms with Gasteiger partial charge in [-0.15, -0.1) is 0 Å². The number of nitrogens with one attached hydrogen (secondary N) is 1. The van der Waals surface area contributed by atoms with Gasteiger partial charge >= 0.3 is 12.1 Å². The number of esters is 1. The summed E-state index contributed by atoms with van der Waals surface area (Å²) in [6.45, 7) is 1.32. The molecule has 7 nitrogen and oxygen atoms in total. The van der Waals surface area contributed by atoms with Crippen molar-refractivity contribution in [2.45, 2.75) is 18.9 Å². The molecule has 0 fully saturated rings. The molecule has 0 unspecified atom stereocenters. The molecule has 2 amide bonds. The second kappa shape index (κ2) is 5.18. The van der Waals surface area contributed by atoms with Gasteiger partial charge in [-0.25, -0.2) is 9.59 Å². The molecule has 0 saturated carbocycles. The van der Waals surface area contributed by atoms with E-state index in [1.165, 1.54) is 6.92 Å². The van der Waals surface area contributed by atoms with Crippen LogP contribution in [0.15, 0.2) is 0 Å². The van der Waals surface area contributed by atoms with Crippen LogP contribution in [-0.2, 0) is 19.1 Å². The molecule has 3 N–H and O–H groups in total.